The minimum atomic E-state index is 0.558. The van der Waals surface area contributed by atoms with Gasteiger partial charge in [0.25, 0.3) is 0 Å². The molecule has 0 spiro atoms. The van der Waals surface area contributed by atoms with E-state index >= 15 is 0 Å². The van der Waals surface area contributed by atoms with E-state index in [4.69, 9.17) is 5.73 Å². The summed E-state index contributed by atoms with van der Waals surface area (Å²) in [7, 11) is 0. The summed E-state index contributed by atoms with van der Waals surface area (Å²) in [6.45, 7) is 1.40. The molecule has 0 aliphatic carbocycles. The first-order valence-electron chi connectivity index (χ1n) is 6.29. The zero-order chi connectivity index (χ0) is 13.2. The minimum absolute atomic E-state index is 0.558. The molecule has 19 heavy (non-hydrogen) atoms. The van der Waals surface area contributed by atoms with Crippen LogP contribution in [0.25, 0.3) is 10.9 Å². The van der Waals surface area contributed by atoms with Crippen LogP contribution in [-0.2, 0) is 13.1 Å². The molecule has 0 radical (unpaired) electrons. The van der Waals surface area contributed by atoms with Gasteiger partial charge in [-0.05, 0) is 35.2 Å². The average molecular weight is 315 g/mol. The van der Waals surface area contributed by atoms with Gasteiger partial charge in [0.15, 0.2) is 0 Å². The quantitative estimate of drug-likeness (QED) is 0.780. The van der Waals surface area contributed by atoms with E-state index in [2.05, 4.69) is 69.0 Å². The van der Waals surface area contributed by atoms with Crippen LogP contribution >= 0.6 is 15.9 Å². The molecule has 3 heteroatoms. The summed E-state index contributed by atoms with van der Waals surface area (Å²) in [5.74, 6) is 0. The van der Waals surface area contributed by atoms with Crippen molar-refractivity contribution in [3.8, 4) is 0 Å². The molecule has 0 bridgehead atoms. The SMILES string of the molecule is NCc1cc2ccccc2n1Cc1cccc(Br)c1. The second kappa shape index (κ2) is 5.19. The van der Waals surface area contributed by atoms with Crippen LogP contribution in [0.4, 0.5) is 0 Å². The van der Waals surface area contributed by atoms with Crippen molar-refractivity contribution in [1.29, 1.82) is 0 Å². The molecular weight excluding hydrogens is 300 g/mol. The maximum Gasteiger partial charge on any atom is 0.0486 e. The van der Waals surface area contributed by atoms with E-state index in [9.17, 15) is 0 Å². The number of para-hydroxylation sites is 1. The van der Waals surface area contributed by atoms with Crippen molar-refractivity contribution in [3.63, 3.8) is 0 Å². The van der Waals surface area contributed by atoms with Crippen molar-refractivity contribution in [3.05, 3.63) is 70.3 Å². The predicted octanol–water partition coefficient (Wildman–Crippen LogP) is 3.91. The first-order chi connectivity index (χ1) is 9.28. The molecule has 0 amide bonds. The fourth-order valence-corrected chi connectivity index (χ4v) is 2.89. The summed E-state index contributed by atoms with van der Waals surface area (Å²) in [5, 5.41) is 1.25. The Morgan fingerprint density at radius 1 is 1.00 bits per heavy atom. The van der Waals surface area contributed by atoms with Crippen LogP contribution < -0.4 is 5.73 Å². The van der Waals surface area contributed by atoms with Gasteiger partial charge in [-0.3, -0.25) is 0 Å². The normalized spacial score (nSPS) is 11.1. The van der Waals surface area contributed by atoms with Crippen LogP contribution in [0.2, 0.25) is 0 Å². The van der Waals surface area contributed by atoms with Gasteiger partial charge in [0, 0.05) is 28.8 Å². The largest absolute Gasteiger partial charge is 0.339 e. The second-order valence-corrected chi connectivity index (χ2v) is 5.53. The summed E-state index contributed by atoms with van der Waals surface area (Å²) in [5.41, 5.74) is 9.54. The van der Waals surface area contributed by atoms with Gasteiger partial charge in [0.2, 0.25) is 0 Å². The molecule has 0 unspecified atom stereocenters. The third-order valence-corrected chi connectivity index (χ3v) is 3.83. The number of rotatable bonds is 3. The van der Waals surface area contributed by atoms with E-state index in [-0.39, 0.29) is 0 Å². The van der Waals surface area contributed by atoms with Gasteiger partial charge < -0.3 is 10.3 Å². The third kappa shape index (κ3) is 2.44. The number of nitrogens with two attached hydrogens (primary N) is 1. The zero-order valence-corrected chi connectivity index (χ0v) is 12.1. The van der Waals surface area contributed by atoms with Gasteiger partial charge in [-0.2, -0.15) is 0 Å². The molecular formula is C16H15BrN2. The molecule has 2 N–H and O–H groups in total. The van der Waals surface area contributed by atoms with Crippen LogP contribution in [-0.4, -0.2) is 4.57 Å². The Kier molecular flexibility index (Phi) is 3.40. The number of nitrogens with zero attached hydrogens (tertiary/aromatic N) is 1. The van der Waals surface area contributed by atoms with Gasteiger partial charge in [-0.1, -0.05) is 46.3 Å². The second-order valence-electron chi connectivity index (χ2n) is 4.61. The van der Waals surface area contributed by atoms with Gasteiger partial charge >= 0.3 is 0 Å². The Bertz CT molecular complexity index is 716. The van der Waals surface area contributed by atoms with Crippen LogP contribution in [0, 0.1) is 0 Å². The van der Waals surface area contributed by atoms with Crippen molar-refractivity contribution >= 4 is 26.8 Å². The lowest BCUT2D eigenvalue weighted by Crippen LogP contribution is -2.08. The Hall–Kier alpha value is -1.58. The summed E-state index contributed by atoms with van der Waals surface area (Å²) in [6.07, 6.45) is 0. The minimum Gasteiger partial charge on any atom is -0.339 e. The Morgan fingerprint density at radius 2 is 1.84 bits per heavy atom. The number of halogens is 1. The van der Waals surface area contributed by atoms with Crippen molar-refractivity contribution in [2.45, 2.75) is 13.1 Å². The zero-order valence-electron chi connectivity index (χ0n) is 10.5. The van der Waals surface area contributed by atoms with Gasteiger partial charge in [-0.15, -0.1) is 0 Å². The molecule has 3 aromatic rings. The number of fused-ring (bicyclic) bond motifs is 1. The highest BCUT2D eigenvalue weighted by Gasteiger charge is 2.07. The maximum absolute atomic E-state index is 5.87. The fraction of sp³-hybridized carbons (Fsp3) is 0.125. The van der Waals surface area contributed by atoms with Gasteiger partial charge in [0.05, 0.1) is 0 Å². The number of hydrogen-bond acceptors (Lipinski definition) is 1. The van der Waals surface area contributed by atoms with Gasteiger partial charge in [0.1, 0.15) is 0 Å². The highest BCUT2D eigenvalue weighted by molar-refractivity contribution is 9.10. The number of aromatic nitrogens is 1. The highest BCUT2D eigenvalue weighted by Crippen LogP contribution is 2.22. The molecule has 0 aliphatic heterocycles. The lowest BCUT2D eigenvalue weighted by Gasteiger charge is -2.10. The van der Waals surface area contributed by atoms with E-state index < -0.39 is 0 Å². The lowest BCUT2D eigenvalue weighted by atomic mass is 10.2. The predicted molar refractivity (Wildman–Crippen MR) is 83.1 cm³/mol. The van der Waals surface area contributed by atoms with Gasteiger partial charge in [-0.25, -0.2) is 0 Å². The third-order valence-electron chi connectivity index (χ3n) is 3.34. The van der Waals surface area contributed by atoms with E-state index in [0.717, 1.165) is 11.0 Å². The molecule has 0 atom stereocenters. The number of benzene rings is 2. The summed E-state index contributed by atoms with van der Waals surface area (Å²) >= 11 is 3.52. The first kappa shape index (κ1) is 12.5. The summed E-state index contributed by atoms with van der Waals surface area (Å²) in [4.78, 5) is 0. The molecule has 0 saturated carbocycles. The monoisotopic (exact) mass is 314 g/mol. The molecule has 1 heterocycles. The van der Waals surface area contributed by atoms with E-state index in [0.29, 0.717) is 6.54 Å². The van der Waals surface area contributed by atoms with Crippen molar-refractivity contribution in [2.24, 2.45) is 5.73 Å². The molecule has 0 fully saturated rings. The molecule has 3 rings (SSSR count). The summed E-state index contributed by atoms with van der Waals surface area (Å²) < 4.78 is 3.40. The fourth-order valence-electron chi connectivity index (χ4n) is 2.44. The molecule has 2 nitrogen and oxygen atoms in total. The standard InChI is InChI=1S/C16H15BrN2/c17-14-6-3-4-12(8-14)11-19-15(10-18)9-13-5-1-2-7-16(13)19/h1-9H,10-11,18H2. The first-order valence-corrected chi connectivity index (χ1v) is 7.09. The topological polar surface area (TPSA) is 30.9 Å². The molecule has 0 saturated heterocycles. The van der Waals surface area contributed by atoms with Crippen LogP contribution in [0.15, 0.2) is 59.1 Å². The van der Waals surface area contributed by atoms with E-state index in [1.165, 1.54) is 22.2 Å². The van der Waals surface area contributed by atoms with Crippen LogP contribution in [0.5, 0.6) is 0 Å². The van der Waals surface area contributed by atoms with Crippen LogP contribution in [0.1, 0.15) is 11.3 Å². The van der Waals surface area contributed by atoms with E-state index in [1.54, 1.807) is 0 Å². The molecule has 1 aromatic heterocycles. The van der Waals surface area contributed by atoms with E-state index in [1.807, 2.05) is 6.07 Å². The smallest absolute Gasteiger partial charge is 0.0486 e. The Balaban J connectivity index is 2.08. The van der Waals surface area contributed by atoms with Crippen molar-refractivity contribution in [2.75, 3.05) is 0 Å². The van der Waals surface area contributed by atoms with Crippen molar-refractivity contribution in [1.82, 2.24) is 4.57 Å². The maximum atomic E-state index is 5.87. The van der Waals surface area contributed by atoms with Crippen molar-refractivity contribution < 1.29 is 0 Å². The molecule has 0 aliphatic rings. The average Bonchev–Trinajstić information content (AvgIpc) is 2.77. The Morgan fingerprint density at radius 3 is 2.63 bits per heavy atom. The lowest BCUT2D eigenvalue weighted by molar-refractivity contribution is 0.768. The Labute approximate surface area is 121 Å². The van der Waals surface area contributed by atoms with Crippen LogP contribution in [0.3, 0.4) is 0 Å². The molecule has 2 aromatic carbocycles. The summed E-state index contributed by atoms with van der Waals surface area (Å²) in [6, 6.07) is 19.0. The number of hydrogen-bond donors (Lipinski definition) is 1. The molecule has 96 valence electrons. The highest BCUT2D eigenvalue weighted by atomic mass is 79.9.